The molecule has 1 aliphatic heterocycles. The van der Waals surface area contributed by atoms with Gasteiger partial charge in [-0.2, -0.15) is 0 Å². The maximum atomic E-state index is 12.7. The molecule has 0 unspecified atom stereocenters. The lowest BCUT2D eigenvalue weighted by atomic mass is 9.89. The van der Waals surface area contributed by atoms with Crippen molar-refractivity contribution >= 4 is 29.1 Å². The molecule has 5 heteroatoms. The molecule has 0 radical (unpaired) electrons. The molecule has 0 bridgehead atoms. The molecule has 1 aromatic carbocycles. The Hall–Kier alpha value is -0.770. The molecule has 1 aliphatic rings. The van der Waals surface area contributed by atoms with Crippen molar-refractivity contribution in [3.63, 3.8) is 0 Å². The zero-order valence-corrected chi connectivity index (χ0v) is 15.8. The summed E-state index contributed by atoms with van der Waals surface area (Å²) in [6.45, 7) is 6.93. The predicted octanol–water partition coefficient (Wildman–Crippen LogP) is 4.47. The molecule has 0 aromatic heterocycles. The van der Waals surface area contributed by atoms with Crippen LogP contribution in [0.4, 0.5) is 0 Å². The smallest absolute Gasteiger partial charge is 0.225 e. The average molecular weight is 357 g/mol. The summed E-state index contributed by atoms with van der Waals surface area (Å²) in [7, 11) is 2.10. The Kier molecular flexibility index (Phi) is 5.99. The van der Waals surface area contributed by atoms with Gasteiger partial charge in [-0.1, -0.05) is 42.3 Å². The fourth-order valence-corrected chi connectivity index (χ4v) is 3.93. The van der Waals surface area contributed by atoms with Crippen molar-refractivity contribution in [3.05, 3.63) is 33.8 Å². The highest BCUT2D eigenvalue weighted by Gasteiger charge is 2.33. The van der Waals surface area contributed by atoms with Gasteiger partial charge in [-0.25, -0.2) is 0 Å². The minimum atomic E-state index is -0.556. The van der Waals surface area contributed by atoms with E-state index in [0.717, 1.165) is 31.4 Å². The summed E-state index contributed by atoms with van der Waals surface area (Å²) in [6, 6.07) is 6.12. The van der Waals surface area contributed by atoms with Crippen molar-refractivity contribution < 1.29 is 4.79 Å². The highest BCUT2D eigenvalue weighted by Crippen LogP contribution is 2.33. The highest BCUT2D eigenvalue weighted by molar-refractivity contribution is 6.42. The van der Waals surface area contributed by atoms with E-state index in [4.69, 9.17) is 23.2 Å². The predicted molar refractivity (Wildman–Crippen MR) is 97.1 cm³/mol. The zero-order chi connectivity index (χ0) is 17.2. The number of nitrogens with one attached hydrogen (secondary N) is 1. The first-order valence-electron chi connectivity index (χ1n) is 8.23. The SMILES string of the molecule is CC[C@@H]1CC[C@H](C(=O)NC(C)(C)c2cccc(Cl)c2Cl)CN1C. The van der Waals surface area contributed by atoms with Gasteiger partial charge in [-0.3, -0.25) is 4.79 Å². The molecular formula is C18H26Cl2N2O. The second-order valence-electron chi connectivity index (χ2n) is 6.99. The highest BCUT2D eigenvalue weighted by atomic mass is 35.5. The summed E-state index contributed by atoms with van der Waals surface area (Å²) in [5.41, 5.74) is 0.287. The quantitative estimate of drug-likeness (QED) is 0.863. The van der Waals surface area contributed by atoms with Gasteiger partial charge in [0, 0.05) is 12.6 Å². The first-order chi connectivity index (χ1) is 10.8. The summed E-state index contributed by atoms with van der Waals surface area (Å²) in [5, 5.41) is 4.17. The third kappa shape index (κ3) is 4.20. The van der Waals surface area contributed by atoms with E-state index in [1.54, 1.807) is 6.07 Å². The van der Waals surface area contributed by atoms with Crippen LogP contribution in [0.3, 0.4) is 0 Å². The van der Waals surface area contributed by atoms with E-state index in [2.05, 4.69) is 24.2 Å². The lowest BCUT2D eigenvalue weighted by molar-refractivity contribution is -0.128. The zero-order valence-electron chi connectivity index (χ0n) is 14.3. The maximum absolute atomic E-state index is 12.7. The lowest BCUT2D eigenvalue weighted by Crippen LogP contribution is -2.50. The van der Waals surface area contributed by atoms with Crippen LogP contribution in [0.25, 0.3) is 0 Å². The van der Waals surface area contributed by atoms with Gasteiger partial charge in [0.1, 0.15) is 0 Å². The molecule has 2 atom stereocenters. The van der Waals surface area contributed by atoms with Crippen LogP contribution in [-0.2, 0) is 10.3 Å². The summed E-state index contributed by atoms with van der Waals surface area (Å²) in [5.74, 6) is 0.118. The minimum absolute atomic E-state index is 0.0278. The van der Waals surface area contributed by atoms with Gasteiger partial charge >= 0.3 is 0 Å². The van der Waals surface area contributed by atoms with Gasteiger partial charge in [-0.05, 0) is 51.8 Å². The molecule has 1 amide bonds. The van der Waals surface area contributed by atoms with E-state index in [-0.39, 0.29) is 11.8 Å². The first-order valence-corrected chi connectivity index (χ1v) is 8.98. The minimum Gasteiger partial charge on any atom is -0.347 e. The Morgan fingerprint density at radius 3 is 2.65 bits per heavy atom. The van der Waals surface area contributed by atoms with Gasteiger partial charge in [-0.15, -0.1) is 0 Å². The van der Waals surface area contributed by atoms with Crippen molar-refractivity contribution in [1.29, 1.82) is 0 Å². The topological polar surface area (TPSA) is 32.3 Å². The Bertz CT molecular complexity index is 574. The third-order valence-electron chi connectivity index (χ3n) is 4.88. The molecule has 0 spiro atoms. The molecule has 3 nitrogen and oxygen atoms in total. The van der Waals surface area contributed by atoms with E-state index in [1.165, 1.54) is 0 Å². The molecule has 2 rings (SSSR count). The number of hydrogen-bond donors (Lipinski definition) is 1. The first kappa shape index (κ1) is 18.6. The normalized spacial score (nSPS) is 22.9. The number of amides is 1. The van der Waals surface area contributed by atoms with Gasteiger partial charge in [0.25, 0.3) is 0 Å². The third-order valence-corrected chi connectivity index (χ3v) is 5.70. The molecule has 1 fully saturated rings. The van der Waals surface area contributed by atoms with E-state index in [0.29, 0.717) is 16.1 Å². The van der Waals surface area contributed by atoms with Crippen molar-refractivity contribution in [2.45, 2.75) is 51.6 Å². The summed E-state index contributed by atoms with van der Waals surface area (Å²) in [6.07, 6.45) is 3.14. The molecule has 1 heterocycles. The molecule has 1 N–H and O–H groups in total. The van der Waals surface area contributed by atoms with Gasteiger partial charge in [0.15, 0.2) is 0 Å². The average Bonchev–Trinajstić information content (AvgIpc) is 2.49. The number of nitrogens with zero attached hydrogens (tertiary/aromatic N) is 1. The number of piperidine rings is 1. The van der Waals surface area contributed by atoms with Gasteiger partial charge < -0.3 is 10.2 Å². The fraction of sp³-hybridized carbons (Fsp3) is 0.611. The number of benzene rings is 1. The molecule has 0 aliphatic carbocycles. The standard InChI is InChI=1S/C18H26Cl2N2O/c1-5-13-10-9-12(11-22(13)4)17(23)21-18(2,3)14-7-6-8-15(19)16(14)20/h6-8,12-13H,5,9-11H2,1-4H3,(H,21,23)/t12-,13+/m0/s1. The van der Waals surface area contributed by atoms with Crippen LogP contribution in [0.2, 0.25) is 10.0 Å². The summed E-state index contributed by atoms with van der Waals surface area (Å²) < 4.78 is 0. The van der Waals surface area contributed by atoms with Crippen molar-refractivity contribution in [2.75, 3.05) is 13.6 Å². The number of hydrogen-bond acceptors (Lipinski definition) is 2. The van der Waals surface area contributed by atoms with Gasteiger partial charge in [0.2, 0.25) is 5.91 Å². The Balaban J connectivity index is 2.08. The van der Waals surface area contributed by atoms with Crippen LogP contribution >= 0.6 is 23.2 Å². The fourth-order valence-electron chi connectivity index (χ4n) is 3.40. The van der Waals surface area contributed by atoms with E-state index in [1.807, 2.05) is 26.0 Å². The van der Waals surface area contributed by atoms with Crippen molar-refractivity contribution in [1.82, 2.24) is 10.2 Å². The molecule has 0 saturated carbocycles. The van der Waals surface area contributed by atoms with Crippen LogP contribution in [-0.4, -0.2) is 30.4 Å². The monoisotopic (exact) mass is 356 g/mol. The van der Waals surface area contributed by atoms with Gasteiger partial charge in [0.05, 0.1) is 21.5 Å². The number of carbonyl (C=O) groups excluding carboxylic acids is 1. The molecule has 1 saturated heterocycles. The molecular weight excluding hydrogens is 331 g/mol. The maximum Gasteiger partial charge on any atom is 0.225 e. The van der Waals surface area contributed by atoms with E-state index in [9.17, 15) is 4.79 Å². The largest absolute Gasteiger partial charge is 0.347 e. The van der Waals surface area contributed by atoms with Crippen molar-refractivity contribution in [2.24, 2.45) is 5.92 Å². The summed E-state index contributed by atoms with van der Waals surface area (Å²) in [4.78, 5) is 15.0. The molecule has 23 heavy (non-hydrogen) atoms. The van der Waals surface area contributed by atoms with E-state index < -0.39 is 5.54 Å². The molecule has 1 aromatic rings. The summed E-state index contributed by atoms with van der Waals surface area (Å²) >= 11 is 12.4. The van der Waals surface area contributed by atoms with Crippen LogP contribution in [0.1, 0.15) is 45.6 Å². The van der Waals surface area contributed by atoms with E-state index >= 15 is 0 Å². The number of rotatable bonds is 4. The van der Waals surface area contributed by atoms with Crippen LogP contribution in [0.5, 0.6) is 0 Å². The second-order valence-corrected chi connectivity index (χ2v) is 7.78. The number of likely N-dealkylation sites (tertiary alicyclic amines) is 1. The Labute approximate surface area is 149 Å². The lowest BCUT2D eigenvalue weighted by Gasteiger charge is -2.38. The molecule has 128 valence electrons. The van der Waals surface area contributed by atoms with Crippen LogP contribution in [0, 0.1) is 5.92 Å². The number of carbonyl (C=O) groups is 1. The van der Waals surface area contributed by atoms with Crippen molar-refractivity contribution in [3.8, 4) is 0 Å². The second kappa shape index (κ2) is 7.42. The Morgan fingerprint density at radius 2 is 2.04 bits per heavy atom. The number of halogens is 2. The Morgan fingerprint density at radius 1 is 1.35 bits per heavy atom. The van der Waals surface area contributed by atoms with Crippen LogP contribution < -0.4 is 5.32 Å². The van der Waals surface area contributed by atoms with Crippen LogP contribution in [0.15, 0.2) is 18.2 Å².